The van der Waals surface area contributed by atoms with E-state index in [2.05, 4.69) is 5.10 Å². The van der Waals surface area contributed by atoms with E-state index >= 15 is 0 Å². The van der Waals surface area contributed by atoms with Gasteiger partial charge in [-0.2, -0.15) is 5.10 Å². The van der Waals surface area contributed by atoms with Crippen molar-refractivity contribution in [2.75, 3.05) is 13.1 Å². The smallest absolute Gasteiger partial charge is 0.274 e. The Balaban J connectivity index is 2.15. The van der Waals surface area contributed by atoms with Crippen LogP contribution in [0.4, 0.5) is 0 Å². The van der Waals surface area contributed by atoms with Gasteiger partial charge in [-0.25, -0.2) is 0 Å². The molecule has 1 aliphatic heterocycles. The molecule has 1 aromatic heterocycles. The van der Waals surface area contributed by atoms with Gasteiger partial charge in [0.1, 0.15) is 5.69 Å². The first-order chi connectivity index (χ1) is 8.23. The highest BCUT2D eigenvalue weighted by Crippen LogP contribution is 2.38. The number of piperidine rings is 1. The summed E-state index contributed by atoms with van der Waals surface area (Å²) in [6.45, 7) is 6.95. The third-order valence-corrected chi connectivity index (χ3v) is 4.13. The normalized spacial score (nSPS) is 27.3. The fourth-order valence-electron chi connectivity index (χ4n) is 2.28. The number of amides is 1. The largest absolute Gasteiger partial charge is 0.389 e. The molecule has 0 aliphatic carbocycles. The minimum absolute atomic E-state index is 0.0563. The Morgan fingerprint density at radius 2 is 2.11 bits per heavy atom. The van der Waals surface area contributed by atoms with Crippen LogP contribution in [0.5, 0.6) is 0 Å². The lowest BCUT2D eigenvalue weighted by molar-refractivity contribution is -0.0971. The van der Waals surface area contributed by atoms with E-state index in [0.29, 0.717) is 25.2 Å². The zero-order valence-corrected chi connectivity index (χ0v) is 11.5. The zero-order chi connectivity index (χ0) is 13.6. The molecule has 0 unspecified atom stereocenters. The van der Waals surface area contributed by atoms with Crippen LogP contribution >= 0.6 is 0 Å². The van der Waals surface area contributed by atoms with Crippen molar-refractivity contribution in [2.45, 2.75) is 32.8 Å². The van der Waals surface area contributed by atoms with Crippen LogP contribution < -0.4 is 0 Å². The number of aliphatic hydroxyl groups is 1. The molecule has 1 saturated heterocycles. The van der Waals surface area contributed by atoms with Crippen LogP contribution in [0.25, 0.3) is 0 Å². The lowest BCUT2D eigenvalue weighted by atomic mass is 9.71. The Bertz CT molecular complexity index is 463. The summed E-state index contributed by atoms with van der Waals surface area (Å²) in [5, 5.41) is 14.5. The van der Waals surface area contributed by atoms with Crippen LogP contribution in [0.3, 0.4) is 0 Å². The van der Waals surface area contributed by atoms with Gasteiger partial charge in [0.25, 0.3) is 5.91 Å². The molecule has 100 valence electrons. The SMILES string of the molecule is Cn1ccc(C(=O)N2CC[C@@](C)(O)C(C)(C)C2)n1. The van der Waals surface area contributed by atoms with Gasteiger partial charge in [0.2, 0.25) is 0 Å². The summed E-state index contributed by atoms with van der Waals surface area (Å²) in [4.78, 5) is 14.1. The second-order valence-electron chi connectivity index (χ2n) is 6.01. The van der Waals surface area contributed by atoms with Crippen molar-refractivity contribution in [3.8, 4) is 0 Å². The molecule has 1 fully saturated rings. The number of likely N-dealkylation sites (tertiary alicyclic amines) is 1. The highest BCUT2D eigenvalue weighted by atomic mass is 16.3. The van der Waals surface area contributed by atoms with Crippen LogP contribution in [0.15, 0.2) is 12.3 Å². The van der Waals surface area contributed by atoms with Gasteiger partial charge in [-0.15, -0.1) is 0 Å². The summed E-state index contributed by atoms with van der Waals surface area (Å²) < 4.78 is 1.62. The molecule has 0 radical (unpaired) electrons. The van der Waals surface area contributed by atoms with E-state index in [0.717, 1.165) is 0 Å². The van der Waals surface area contributed by atoms with Crippen LogP contribution in [0.1, 0.15) is 37.7 Å². The summed E-state index contributed by atoms with van der Waals surface area (Å²) >= 11 is 0. The van der Waals surface area contributed by atoms with Gasteiger partial charge < -0.3 is 10.0 Å². The molecule has 1 amide bonds. The van der Waals surface area contributed by atoms with Crippen molar-refractivity contribution >= 4 is 5.91 Å². The number of aromatic nitrogens is 2. The van der Waals surface area contributed by atoms with Crippen molar-refractivity contribution in [1.29, 1.82) is 0 Å². The van der Waals surface area contributed by atoms with Crippen molar-refractivity contribution < 1.29 is 9.90 Å². The molecule has 1 aromatic rings. The second kappa shape index (κ2) is 4.09. The third kappa shape index (κ3) is 2.14. The monoisotopic (exact) mass is 251 g/mol. The Kier molecular flexibility index (Phi) is 2.97. The van der Waals surface area contributed by atoms with Crippen molar-refractivity contribution in [3.63, 3.8) is 0 Å². The number of hydrogen-bond acceptors (Lipinski definition) is 3. The van der Waals surface area contributed by atoms with Gasteiger partial charge in [-0.05, 0) is 19.4 Å². The maximum Gasteiger partial charge on any atom is 0.274 e. The molecule has 2 heterocycles. The molecular formula is C13H21N3O2. The molecule has 0 aromatic carbocycles. The number of aryl methyl sites for hydroxylation is 1. The molecule has 1 aliphatic rings. The van der Waals surface area contributed by atoms with Crippen LogP contribution in [-0.2, 0) is 7.05 Å². The van der Waals surface area contributed by atoms with Crippen molar-refractivity contribution in [2.24, 2.45) is 12.5 Å². The Morgan fingerprint density at radius 3 is 2.61 bits per heavy atom. The van der Waals surface area contributed by atoms with Crippen molar-refractivity contribution in [1.82, 2.24) is 14.7 Å². The van der Waals surface area contributed by atoms with Crippen LogP contribution in [0.2, 0.25) is 0 Å². The Hall–Kier alpha value is -1.36. The molecule has 5 heteroatoms. The van der Waals surface area contributed by atoms with E-state index in [-0.39, 0.29) is 11.3 Å². The summed E-state index contributed by atoms with van der Waals surface area (Å²) in [7, 11) is 1.79. The molecule has 0 spiro atoms. The average Bonchev–Trinajstić information content (AvgIpc) is 2.68. The highest BCUT2D eigenvalue weighted by Gasteiger charge is 2.45. The lowest BCUT2D eigenvalue weighted by Crippen LogP contribution is -2.57. The van der Waals surface area contributed by atoms with E-state index < -0.39 is 5.60 Å². The first kappa shape index (κ1) is 13.1. The summed E-state index contributed by atoms with van der Waals surface area (Å²) in [5.74, 6) is -0.0563. The minimum atomic E-state index is -0.728. The molecule has 1 N–H and O–H groups in total. The topological polar surface area (TPSA) is 58.4 Å². The predicted molar refractivity (Wildman–Crippen MR) is 68.1 cm³/mol. The second-order valence-corrected chi connectivity index (χ2v) is 6.01. The highest BCUT2D eigenvalue weighted by molar-refractivity contribution is 5.92. The Labute approximate surface area is 107 Å². The molecule has 18 heavy (non-hydrogen) atoms. The maximum absolute atomic E-state index is 12.3. The van der Waals surface area contributed by atoms with E-state index in [1.165, 1.54) is 0 Å². The minimum Gasteiger partial charge on any atom is -0.389 e. The standard InChI is InChI=1S/C13H21N3O2/c1-12(2)9-16(8-6-13(12,3)18)11(17)10-5-7-15(4)14-10/h5,7,18H,6,8-9H2,1-4H3/t13-/m1/s1. The van der Waals surface area contributed by atoms with Crippen LogP contribution in [0, 0.1) is 5.41 Å². The van der Waals surface area contributed by atoms with E-state index in [1.807, 2.05) is 20.8 Å². The lowest BCUT2D eigenvalue weighted by Gasteiger charge is -2.48. The first-order valence-corrected chi connectivity index (χ1v) is 6.24. The number of rotatable bonds is 1. The fraction of sp³-hybridized carbons (Fsp3) is 0.692. The quantitative estimate of drug-likeness (QED) is 0.811. The molecule has 1 atom stereocenters. The van der Waals surface area contributed by atoms with Gasteiger partial charge in [-0.1, -0.05) is 13.8 Å². The number of carbonyl (C=O) groups excluding carboxylic acids is 1. The number of hydrogen-bond donors (Lipinski definition) is 1. The first-order valence-electron chi connectivity index (χ1n) is 6.24. The predicted octanol–water partition coefficient (Wildman–Crippen LogP) is 1.04. The van der Waals surface area contributed by atoms with E-state index in [4.69, 9.17) is 0 Å². The summed E-state index contributed by atoms with van der Waals surface area (Å²) in [5.41, 5.74) is -0.571. The van der Waals surface area contributed by atoms with Crippen LogP contribution in [-0.4, -0.2) is 44.4 Å². The Morgan fingerprint density at radius 1 is 1.44 bits per heavy atom. The van der Waals surface area contributed by atoms with Crippen molar-refractivity contribution in [3.05, 3.63) is 18.0 Å². The number of nitrogens with zero attached hydrogens (tertiary/aromatic N) is 3. The number of carbonyl (C=O) groups is 1. The van der Waals surface area contributed by atoms with Gasteiger partial charge in [0, 0.05) is 31.7 Å². The van der Waals surface area contributed by atoms with Gasteiger partial charge >= 0.3 is 0 Å². The maximum atomic E-state index is 12.3. The third-order valence-electron chi connectivity index (χ3n) is 4.13. The molecule has 0 bridgehead atoms. The zero-order valence-electron chi connectivity index (χ0n) is 11.5. The average molecular weight is 251 g/mol. The molecular weight excluding hydrogens is 230 g/mol. The van der Waals surface area contributed by atoms with E-state index in [9.17, 15) is 9.90 Å². The van der Waals surface area contributed by atoms with Gasteiger partial charge in [0.15, 0.2) is 0 Å². The molecule has 2 rings (SSSR count). The molecule has 5 nitrogen and oxygen atoms in total. The fourth-order valence-corrected chi connectivity index (χ4v) is 2.28. The molecule has 0 saturated carbocycles. The summed E-state index contributed by atoms with van der Waals surface area (Å²) in [6.07, 6.45) is 2.36. The van der Waals surface area contributed by atoms with Gasteiger partial charge in [0.05, 0.1) is 5.60 Å². The van der Waals surface area contributed by atoms with Gasteiger partial charge in [-0.3, -0.25) is 9.48 Å². The summed E-state index contributed by atoms with van der Waals surface area (Å²) in [6, 6.07) is 1.72. The van der Waals surface area contributed by atoms with E-state index in [1.54, 1.807) is 28.9 Å².